The lowest BCUT2D eigenvalue weighted by Gasteiger charge is -2.06. The maximum absolute atomic E-state index is 8.89. The molecule has 2 aromatic rings. The van der Waals surface area contributed by atoms with Crippen molar-refractivity contribution in [3.8, 4) is 29.1 Å². The number of nitriles is 1. The van der Waals surface area contributed by atoms with Gasteiger partial charge in [0.25, 0.3) is 0 Å². The van der Waals surface area contributed by atoms with E-state index in [0.717, 1.165) is 0 Å². The lowest BCUT2D eigenvalue weighted by atomic mass is 10.2. The van der Waals surface area contributed by atoms with Crippen molar-refractivity contribution >= 4 is 0 Å². The summed E-state index contributed by atoms with van der Waals surface area (Å²) in [5.74, 6) is 0.991. The molecule has 0 saturated heterocycles. The highest BCUT2D eigenvalue weighted by Crippen LogP contribution is 2.24. The fourth-order valence-corrected chi connectivity index (χ4v) is 1.50. The Morgan fingerprint density at radius 2 is 2.00 bits per heavy atom. The third-order valence-corrected chi connectivity index (χ3v) is 2.40. The first-order valence-electron chi connectivity index (χ1n) is 5.24. The number of hydrogen-bond donors (Lipinski definition) is 0. The highest BCUT2D eigenvalue weighted by atomic mass is 16.5. The van der Waals surface area contributed by atoms with Crippen molar-refractivity contribution in [3.05, 3.63) is 36.0 Å². The lowest BCUT2D eigenvalue weighted by molar-refractivity contribution is 0.398. The largest absolute Gasteiger partial charge is 0.495 e. The van der Waals surface area contributed by atoms with Gasteiger partial charge in [0.15, 0.2) is 0 Å². The van der Waals surface area contributed by atoms with Crippen LogP contribution in [0, 0.1) is 11.3 Å². The molecule has 0 amide bonds. The Labute approximate surface area is 105 Å². The van der Waals surface area contributed by atoms with E-state index in [2.05, 4.69) is 9.97 Å². The molecule has 0 fully saturated rings. The molecule has 0 bridgehead atoms. The first kappa shape index (κ1) is 11.9. The normalized spacial score (nSPS) is 9.61. The first-order valence-corrected chi connectivity index (χ1v) is 5.24. The maximum atomic E-state index is 8.89. The summed E-state index contributed by atoms with van der Waals surface area (Å²) in [6.45, 7) is 0. The third-order valence-electron chi connectivity index (χ3n) is 2.40. The first-order chi connectivity index (χ1) is 8.78. The minimum Gasteiger partial charge on any atom is -0.495 e. The molecule has 2 rings (SSSR count). The summed E-state index contributed by atoms with van der Waals surface area (Å²) in [5.41, 5.74) is 1.69. The van der Waals surface area contributed by atoms with Crippen LogP contribution in [0.1, 0.15) is 5.56 Å². The Hall–Kier alpha value is -2.61. The van der Waals surface area contributed by atoms with Gasteiger partial charge in [-0.2, -0.15) is 5.26 Å². The molecule has 0 saturated carbocycles. The molecule has 0 radical (unpaired) electrons. The number of ether oxygens (including phenoxy) is 2. The second-order valence-corrected chi connectivity index (χ2v) is 3.45. The van der Waals surface area contributed by atoms with Crippen molar-refractivity contribution in [2.75, 3.05) is 14.2 Å². The molecule has 0 atom stereocenters. The fourth-order valence-electron chi connectivity index (χ4n) is 1.50. The van der Waals surface area contributed by atoms with Gasteiger partial charge in [-0.25, -0.2) is 4.98 Å². The number of pyridine rings is 2. The van der Waals surface area contributed by atoms with E-state index in [1.807, 2.05) is 18.2 Å². The van der Waals surface area contributed by atoms with Gasteiger partial charge >= 0.3 is 0 Å². The Morgan fingerprint density at radius 1 is 1.17 bits per heavy atom. The van der Waals surface area contributed by atoms with E-state index in [0.29, 0.717) is 28.6 Å². The van der Waals surface area contributed by atoms with Gasteiger partial charge < -0.3 is 9.47 Å². The second-order valence-electron chi connectivity index (χ2n) is 3.45. The molecule has 5 heteroatoms. The van der Waals surface area contributed by atoms with Gasteiger partial charge in [0.2, 0.25) is 5.88 Å². The molecular formula is C13H11N3O2. The quantitative estimate of drug-likeness (QED) is 0.822. The van der Waals surface area contributed by atoms with Crippen molar-refractivity contribution in [2.24, 2.45) is 0 Å². The third kappa shape index (κ3) is 2.23. The SMILES string of the molecule is COc1cccc(-c2cc(OC)c(C#N)cn2)n1. The molecule has 2 aromatic heterocycles. The highest BCUT2D eigenvalue weighted by Gasteiger charge is 2.08. The molecule has 18 heavy (non-hydrogen) atoms. The molecular weight excluding hydrogens is 230 g/mol. The summed E-state index contributed by atoms with van der Waals surface area (Å²) < 4.78 is 10.2. The number of nitrogens with zero attached hydrogens (tertiary/aromatic N) is 3. The number of aromatic nitrogens is 2. The van der Waals surface area contributed by atoms with Crippen LogP contribution in [-0.2, 0) is 0 Å². The van der Waals surface area contributed by atoms with Crippen LogP contribution in [0.3, 0.4) is 0 Å². The van der Waals surface area contributed by atoms with Crippen molar-refractivity contribution in [3.63, 3.8) is 0 Å². The zero-order valence-electron chi connectivity index (χ0n) is 10.0. The van der Waals surface area contributed by atoms with Gasteiger partial charge in [-0.3, -0.25) is 4.98 Å². The van der Waals surface area contributed by atoms with Crippen LogP contribution in [0.5, 0.6) is 11.6 Å². The maximum Gasteiger partial charge on any atom is 0.213 e. The van der Waals surface area contributed by atoms with Crippen LogP contribution in [0.25, 0.3) is 11.4 Å². The Bertz CT molecular complexity index is 605. The van der Waals surface area contributed by atoms with Crippen molar-refractivity contribution in [1.29, 1.82) is 5.26 Å². The predicted octanol–water partition coefficient (Wildman–Crippen LogP) is 2.03. The molecule has 0 aromatic carbocycles. The zero-order chi connectivity index (χ0) is 13.0. The molecule has 5 nitrogen and oxygen atoms in total. The van der Waals surface area contributed by atoms with E-state index in [9.17, 15) is 0 Å². The average Bonchev–Trinajstić information content (AvgIpc) is 2.46. The van der Waals surface area contributed by atoms with E-state index in [-0.39, 0.29) is 0 Å². The molecule has 2 heterocycles. The number of rotatable bonds is 3. The van der Waals surface area contributed by atoms with E-state index in [4.69, 9.17) is 14.7 Å². The molecule has 0 aliphatic rings. The van der Waals surface area contributed by atoms with Gasteiger partial charge in [0, 0.05) is 18.3 Å². The van der Waals surface area contributed by atoms with Crippen molar-refractivity contribution in [2.45, 2.75) is 0 Å². The molecule has 0 aliphatic carbocycles. The van der Waals surface area contributed by atoms with Crippen LogP contribution < -0.4 is 9.47 Å². The second kappa shape index (κ2) is 5.15. The van der Waals surface area contributed by atoms with Gasteiger partial charge in [-0.1, -0.05) is 6.07 Å². The predicted molar refractivity (Wildman–Crippen MR) is 65.3 cm³/mol. The van der Waals surface area contributed by atoms with Gasteiger partial charge in [0.1, 0.15) is 17.4 Å². The minimum absolute atomic E-state index is 0.393. The summed E-state index contributed by atoms with van der Waals surface area (Å²) in [6.07, 6.45) is 1.47. The molecule has 0 spiro atoms. The van der Waals surface area contributed by atoms with E-state index < -0.39 is 0 Å². The Morgan fingerprint density at radius 3 is 2.67 bits per heavy atom. The van der Waals surface area contributed by atoms with Crippen molar-refractivity contribution in [1.82, 2.24) is 9.97 Å². The Balaban J connectivity index is 2.48. The molecule has 0 N–H and O–H groups in total. The average molecular weight is 241 g/mol. The van der Waals surface area contributed by atoms with Crippen LogP contribution in [0.4, 0.5) is 0 Å². The number of hydrogen-bond acceptors (Lipinski definition) is 5. The van der Waals surface area contributed by atoms with Gasteiger partial charge in [-0.15, -0.1) is 0 Å². The van der Waals surface area contributed by atoms with Crippen LogP contribution >= 0.6 is 0 Å². The van der Waals surface area contributed by atoms with Crippen molar-refractivity contribution < 1.29 is 9.47 Å². The molecule has 0 aliphatic heterocycles. The fraction of sp³-hybridized carbons (Fsp3) is 0.154. The Kier molecular flexibility index (Phi) is 3.39. The zero-order valence-corrected chi connectivity index (χ0v) is 10.0. The topological polar surface area (TPSA) is 68.0 Å². The van der Waals surface area contributed by atoms with E-state index in [1.54, 1.807) is 19.2 Å². The van der Waals surface area contributed by atoms with E-state index in [1.165, 1.54) is 13.3 Å². The standard InChI is InChI=1S/C13H11N3O2/c1-17-12-6-11(15-8-9(12)7-14)10-4-3-5-13(16-10)18-2/h3-6,8H,1-2H3. The smallest absolute Gasteiger partial charge is 0.213 e. The molecule has 0 unspecified atom stereocenters. The summed E-state index contributed by atoms with van der Waals surface area (Å²) in [5, 5.41) is 8.89. The molecule has 90 valence electrons. The van der Waals surface area contributed by atoms with Gasteiger partial charge in [-0.05, 0) is 6.07 Å². The summed E-state index contributed by atoms with van der Waals surface area (Å²) in [4.78, 5) is 8.45. The van der Waals surface area contributed by atoms with Gasteiger partial charge in [0.05, 0.1) is 25.6 Å². The van der Waals surface area contributed by atoms with E-state index >= 15 is 0 Å². The summed E-state index contributed by atoms with van der Waals surface area (Å²) in [7, 11) is 3.07. The van der Waals surface area contributed by atoms with Crippen LogP contribution in [-0.4, -0.2) is 24.2 Å². The summed E-state index contributed by atoms with van der Waals surface area (Å²) in [6, 6.07) is 9.09. The lowest BCUT2D eigenvalue weighted by Crippen LogP contribution is -1.94. The van der Waals surface area contributed by atoms with Crippen LogP contribution in [0.15, 0.2) is 30.5 Å². The van der Waals surface area contributed by atoms with Crippen LogP contribution in [0.2, 0.25) is 0 Å². The highest BCUT2D eigenvalue weighted by molar-refractivity contribution is 5.59. The summed E-state index contributed by atoms with van der Waals surface area (Å²) >= 11 is 0. The monoisotopic (exact) mass is 241 g/mol. The minimum atomic E-state index is 0.393. The number of methoxy groups -OCH3 is 2.